The largest absolute Gasteiger partial charge is 0.493 e. The van der Waals surface area contributed by atoms with Crippen molar-refractivity contribution in [1.82, 2.24) is 0 Å². The van der Waals surface area contributed by atoms with E-state index < -0.39 is 11.3 Å². The van der Waals surface area contributed by atoms with Crippen LogP contribution in [0.1, 0.15) is 50.7 Å². The Bertz CT molecular complexity index is 1400. The summed E-state index contributed by atoms with van der Waals surface area (Å²) in [6, 6.07) is 20.2. The molecule has 4 rings (SSSR count). The molecule has 0 aliphatic heterocycles. The molecule has 0 spiro atoms. The van der Waals surface area contributed by atoms with E-state index in [4.69, 9.17) is 15.2 Å². The van der Waals surface area contributed by atoms with E-state index in [1.165, 1.54) is 0 Å². The van der Waals surface area contributed by atoms with Crippen LogP contribution in [0.4, 0.5) is 0 Å². The SMILES string of the molecule is COc1cc([C@H]2[C@@H]3C[C@H](C(C)(C)C)CC=C3C(C#N)=C(N)C2(C#N)C#N)cc(Br)c1OCc1ccccc1. The first-order valence-corrected chi connectivity index (χ1v) is 13.4. The minimum absolute atomic E-state index is 0.0153. The van der Waals surface area contributed by atoms with Crippen molar-refractivity contribution in [2.75, 3.05) is 7.11 Å². The molecular weight excluding hydrogens is 540 g/mol. The molecule has 2 N–H and O–H groups in total. The Morgan fingerprint density at radius 2 is 1.79 bits per heavy atom. The maximum Gasteiger partial charge on any atom is 0.191 e. The highest BCUT2D eigenvalue weighted by atomic mass is 79.9. The van der Waals surface area contributed by atoms with Crippen LogP contribution in [-0.2, 0) is 6.61 Å². The van der Waals surface area contributed by atoms with E-state index in [1.807, 2.05) is 42.5 Å². The van der Waals surface area contributed by atoms with Crippen molar-refractivity contribution in [3.63, 3.8) is 0 Å². The zero-order valence-electron chi connectivity index (χ0n) is 22.1. The highest BCUT2D eigenvalue weighted by Gasteiger charge is 2.55. The molecule has 2 aromatic carbocycles. The quantitative estimate of drug-likeness (QED) is 0.417. The molecule has 0 amide bonds. The molecule has 6 nitrogen and oxygen atoms in total. The number of nitrogens with zero attached hydrogens (tertiary/aromatic N) is 3. The normalized spacial score (nSPS) is 22.3. The minimum Gasteiger partial charge on any atom is -0.493 e. The molecule has 0 aromatic heterocycles. The van der Waals surface area contributed by atoms with Gasteiger partial charge < -0.3 is 15.2 Å². The van der Waals surface area contributed by atoms with Crippen molar-refractivity contribution in [2.45, 2.75) is 46.1 Å². The Morgan fingerprint density at radius 1 is 1.11 bits per heavy atom. The highest BCUT2D eigenvalue weighted by molar-refractivity contribution is 9.10. The summed E-state index contributed by atoms with van der Waals surface area (Å²) in [4.78, 5) is 0. The summed E-state index contributed by atoms with van der Waals surface area (Å²) in [7, 11) is 1.56. The van der Waals surface area contributed by atoms with Crippen LogP contribution < -0.4 is 15.2 Å². The molecule has 0 saturated carbocycles. The van der Waals surface area contributed by atoms with Gasteiger partial charge in [-0.15, -0.1) is 0 Å². The van der Waals surface area contributed by atoms with E-state index in [-0.39, 0.29) is 22.6 Å². The highest BCUT2D eigenvalue weighted by Crippen LogP contribution is 2.59. The van der Waals surface area contributed by atoms with Crippen LogP contribution in [0.25, 0.3) is 0 Å². The van der Waals surface area contributed by atoms with Gasteiger partial charge >= 0.3 is 0 Å². The fourth-order valence-electron chi connectivity index (χ4n) is 5.76. The number of fused-ring (bicyclic) bond motifs is 1. The predicted molar refractivity (Wildman–Crippen MR) is 148 cm³/mol. The van der Waals surface area contributed by atoms with Gasteiger partial charge in [-0.2, -0.15) is 15.8 Å². The van der Waals surface area contributed by atoms with Gasteiger partial charge in [0.25, 0.3) is 0 Å². The molecule has 38 heavy (non-hydrogen) atoms. The van der Waals surface area contributed by atoms with E-state index in [0.29, 0.717) is 28.5 Å². The van der Waals surface area contributed by atoms with Gasteiger partial charge in [0.05, 0.1) is 35.0 Å². The van der Waals surface area contributed by atoms with E-state index >= 15 is 0 Å². The number of ether oxygens (including phenoxy) is 2. The Kier molecular flexibility index (Phi) is 7.59. The Hall–Kier alpha value is -3.73. The molecule has 2 aromatic rings. The van der Waals surface area contributed by atoms with Gasteiger partial charge in [-0.05, 0) is 74.9 Å². The average molecular weight is 572 g/mol. The van der Waals surface area contributed by atoms with Gasteiger partial charge in [-0.25, -0.2) is 0 Å². The van der Waals surface area contributed by atoms with Crippen molar-refractivity contribution in [3.05, 3.63) is 81.0 Å². The smallest absolute Gasteiger partial charge is 0.191 e. The van der Waals surface area contributed by atoms with Crippen LogP contribution in [0.2, 0.25) is 0 Å². The van der Waals surface area contributed by atoms with Crippen LogP contribution >= 0.6 is 15.9 Å². The second-order valence-electron chi connectivity index (χ2n) is 11.0. The van der Waals surface area contributed by atoms with Gasteiger partial charge in [0.2, 0.25) is 0 Å². The van der Waals surface area contributed by atoms with Crippen LogP contribution in [0, 0.1) is 56.7 Å². The van der Waals surface area contributed by atoms with Crippen LogP contribution in [0.15, 0.2) is 69.9 Å². The van der Waals surface area contributed by atoms with E-state index in [2.05, 4.69) is 61.0 Å². The third kappa shape index (κ3) is 4.66. The van der Waals surface area contributed by atoms with Crippen LogP contribution in [0.3, 0.4) is 0 Å². The molecule has 2 aliphatic rings. The third-order valence-corrected chi connectivity index (χ3v) is 8.53. The fourth-order valence-corrected chi connectivity index (χ4v) is 6.34. The lowest BCUT2D eigenvalue weighted by molar-refractivity contribution is 0.170. The second-order valence-corrected chi connectivity index (χ2v) is 11.9. The summed E-state index contributed by atoms with van der Waals surface area (Å²) in [6.45, 7) is 6.95. The standard InChI is InChI=1S/C31H31BrN4O2/c1-30(2,3)21-10-11-22-23(14-21)27(31(17-34,18-35)29(36)24(22)15-33)20-12-25(32)28(26(13-20)37-4)38-16-19-8-6-5-7-9-19/h5-9,11-13,21,23,27H,10,14,16,36H2,1-4H3/t21-,23-,27+/m1/s1. The number of nitriles is 3. The summed E-state index contributed by atoms with van der Waals surface area (Å²) >= 11 is 3.65. The number of allylic oxidation sites excluding steroid dienone is 4. The molecular formula is C31H31BrN4O2. The molecule has 0 fully saturated rings. The summed E-state index contributed by atoms with van der Waals surface area (Å²) < 4.78 is 12.5. The molecule has 2 aliphatic carbocycles. The monoisotopic (exact) mass is 570 g/mol. The molecule has 0 saturated heterocycles. The number of nitrogens with two attached hydrogens (primary N) is 1. The lowest BCUT2D eigenvalue weighted by Crippen LogP contribution is -2.44. The van der Waals surface area contributed by atoms with Gasteiger partial charge in [0.15, 0.2) is 16.9 Å². The van der Waals surface area contributed by atoms with Crippen molar-refractivity contribution in [1.29, 1.82) is 15.8 Å². The summed E-state index contributed by atoms with van der Waals surface area (Å²) in [5.74, 6) is 0.495. The van der Waals surface area contributed by atoms with Crippen LogP contribution in [-0.4, -0.2) is 7.11 Å². The lowest BCUT2D eigenvalue weighted by Gasteiger charge is -2.47. The topological polar surface area (TPSA) is 116 Å². The third-order valence-electron chi connectivity index (χ3n) is 7.94. The Morgan fingerprint density at radius 3 is 2.37 bits per heavy atom. The fraction of sp³-hybridized carbons (Fsp3) is 0.387. The number of halogens is 1. The van der Waals surface area contributed by atoms with Crippen molar-refractivity contribution in [2.24, 2.45) is 28.4 Å². The first kappa shape index (κ1) is 27.3. The maximum atomic E-state index is 10.5. The van der Waals surface area contributed by atoms with Gasteiger partial charge in [-0.3, -0.25) is 0 Å². The Labute approximate surface area is 233 Å². The molecule has 194 valence electrons. The Balaban J connectivity index is 1.87. The number of hydrogen-bond donors (Lipinski definition) is 1. The zero-order chi connectivity index (χ0) is 27.7. The molecule has 0 heterocycles. The van der Waals surface area contributed by atoms with Crippen molar-refractivity contribution < 1.29 is 9.47 Å². The lowest BCUT2D eigenvalue weighted by atomic mass is 9.54. The molecule has 0 unspecified atom stereocenters. The summed E-state index contributed by atoms with van der Waals surface area (Å²) in [5.41, 5.74) is 7.66. The molecule has 3 atom stereocenters. The van der Waals surface area contributed by atoms with E-state index in [1.54, 1.807) is 7.11 Å². The maximum absolute atomic E-state index is 10.5. The summed E-state index contributed by atoms with van der Waals surface area (Å²) in [6.07, 6.45) is 3.63. The van der Waals surface area contributed by atoms with E-state index in [9.17, 15) is 15.8 Å². The van der Waals surface area contributed by atoms with Crippen LogP contribution in [0.5, 0.6) is 11.5 Å². The van der Waals surface area contributed by atoms with Gasteiger partial charge in [-0.1, -0.05) is 57.2 Å². The minimum atomic E-state index is -1.70. The van der Waals surface area contributed by atoms with Gasteiger partial charge in [0, 0.05) is 5.92 Å². The zero-order valence-corrected chi connectivity index (χ0v) is 23.7. The average Bonchev–Trinajstić information content (AvgIpc) is 2.91. The predicted octanol–water partition coefficient (Wildman–Crippen LogP) is 6.90. The second kappa shape index (κ2) is 10.6. The van der Waals surface area contributed by atoms with Gasteiger partial charge in [0.1, 0.15) is 12.7 Å². The number of methoxy groups -OCH3 is 1. The first-order chi connectivity index (χ1) is 18.1. The van der Waals surface area contributed by atoms with Crippen molar-refractivity contribution in [3.8, 4) is 29.7 Å². The van der Waals surface area contributed by atoms with Crippen molar-refractivity contribution >= 4 is 15.9 Å². The number of hydrogen-bond acceptors (Lipinski definition) is 6. The number of benzene rings is 2. The molecule has 0 radical (unpaired) electrons. The molecule has 0 bridgehead atoms. The first-order valence-electron chi connectivity index (χ1n) is 12.6. The van der Waals surface area contributed by atoms with E-state index in [0.717, 1.165) is 29.5 Å². The molecule has 7 heteroatoms. The summed E-state index contributed by atoms with van der Waals surface area (Å²) in [5, 5.41) is 30.9. The number of rotatable bonds is 5.